The van der Waals surface area contributed by atoms with E-state index in [0.717, 1.165) is 12.3 Å². The van der Waals surface area contributed by atoms with Crippen LogP contribution >= 0.6 is 0 Å². The van der Waals surface area contributed by atoms with Gasteiger partial charge in [-0.25, -0.2) is 9.37 Å². The summed E-state index contributed by atoms with van der Waals surface area (Å²) in [6.07, 6.45) is 0.834. The first-order chi connectivity index (χ1) is 5.59. The molecule has 0 radical (unpaired) electrons. The normalized spacial score (nSPS) is 9.50. The van der Waals surface area contributed by atoms with Gasteiger partial charge in [0, 0.05) is 13.0 Å². The number of hydrogen-bond acceptors (Lipinski definition) is 3. The molecule has 0 atom stereocenters. The van der Waals surface area contributed by atoms with E-state index >= 15 is 0 Å². The molecule has 0 saturated heterocycles. The highest BCUT2D eigenvalue weighted by atomic mass is 19.1. The molecule has 12 heavy (non-hydrogen) atoms. The van der Waals surface area contributed by atoms with Crippen molar-refractivity contribution in [2.45, 2.75) is 6.92 Å². The lowest BCUT2D eigenvalue weighted by atomic mass is 10.4. The Balaban J connectivity index is 2.89. The monoisotopic (exact) mass is 170 g/mol. The van der Waals surface area contributed by atoms with Gasteiger partial charge in [0.2, 0.25) is 5.91 Å². The van der Waals surface area contributed by atoms with Gasteiger partial charge in [-0.1, -0.05) is 0 Å². The minimum atomic E-state index is -0.816. The van der Waals surface area contributed by atoms with E-state index in [0.29, 0.717) is 0 Å². The van der Waals surface area contributed by atoms with Crippen LogP contribution in [0.15, 0.2) is 12.3 Å². The summed E-state index contributed by atoms with van der Waals surface area (Å²) >= 11 is 0. The molecule has 0 aromatic carbocycles. The van der Waals surface area contributed by atoms with E-state index in [1.807, 2.05) is 0 Å². The molecule has 0 fully saturated rings. The van der Waals surface area contributed by atoms with E-state index < -0.39 is 11.6 Å². The molecule has 0 unspecified atom stereocenters. The van der Waals surface area contributed by atoms with Gasteiger partial charge >= 0.3 is 0 Å². The van der Waals surface area contributed by atoms with E-state index in [-0.39, 0.29) is 11.7 Å². The van der Waals surface area contributed by atoms with Gasteiger partial charge in [-0.3, -0.25) is 4.79 Å². The van der Waals surface area contributed by atoms with Crippen molar-refractivity contribution in [1.29, 1.82) is 0 Å². The van der Waals surface area contributed by atoms with Crippen molar-refractivity contribution in [3.63, 3.8) is 0 Å². The van der Waals surface area contributed by atoms with Gasteiger partial charge in [0.05, 0.1) is 6.20 Å². The molecule has 0 saturated carbocycles. The predicted molar refractivity (Wildman–Crippen MR) is 40.2 cm³/mol. The third kappa shape index (κ3) is 1.91. The molecule has 0 aliphatic carbocycles. The zero-order chi connectivity index (χ0) is 9.14. The lowest BCUT2D eigenvalue weighted by molar-refractivity contribution is -0.114. The largest absolute Gasteiger partial charge is 0.505 e. The first-order valence-corrected chi connectivity index (χ1v) is 3.21. The Morgan fingerprint density at radius 3 is 2.92 bits per heavy atom. The van der Waals surface area contributed by atoms with Crippen molar-refractivity contribution < 1.29 is 14.3 Å². The minimum Gasteiger partial charge on any atom is -0.505 e. The predicted octanol–water partition coefficient (Wildman–Crippen LogP) is 0.885. The van der Waals surface area contributed by atoms with E-state index in [4.69, 9.17) is 5.11 Å². The number of amides is 1. The lowest BCUT2D eigenvalue weighted by Gasteiger charge is -2.00. The van der Waals surface area contributed by atoms with Crippen LogP contribution in [-0.2, 0) is 4.79 Å². The first-order valence-electron chi connectivity index (χ1n) is 3.21. The van der Waals surface area contributed by atoms with Crippen LogP contribution in [0, 0.1) is 5.82 Å². The van der Waals surface area contributed by atoms with Crippen LogP contribution in [0.5, 0.6) is 5.75 Å². The number of aromatic hydroxyl groups is 1. The van der Waals surface area contributed by atoms with Gasteiger partial charge in [0.25, 0.3) is 0 Å². The van der Waals surface area contributed by atoms with Crippen LogP contribution in [0.3, 0.4) is 0 Å². The van der Waals surface area contributed by atoms with Gasteiger partial charge in [0.15, 0.2) is 11.6 Å². The summed E-state index contributed by atoms with van der Waals surface area (Å²) in [5, 5.41) is 11.1. The van der Waals surface area contributed by atoms with Crippen LogP contribution in [0.4, 0.5) is 10.2 Å². The lowest BCUT2D eigenvalue weighted by Crippen LogP contribution is -2.07. The molecule has 1 rings (SSSR count). The summed E-state index contributed by atoms with van der Waals surface area (Å²) in [5.41, 5.74) is 0. The molecule has 1 heterocycles. The van der Waals surface area contributed by atoms with Crippen LogP contribution in [0.25, 0.3) is 0 Å². The third-order valence-corrected chi connectivity index (χ3v) is 1.14. The fourth-order valence-corrected chi connectivity index (χ4v) is 0.677. The number of hydrogen-bond donors (Lipinski definition) is 2. The summed E-state index contributed by atoms with van der Waals surface area (Å²) in [6.45, 7) is 1.29. The summed E-state index contributed by atoms with van der Waals surface area (Å²) in [4.78, 5) is 14.0. The molecule has 0 spiro atoms. The smallest absolute Gasteiger partial charge is 0.222 e. The van der Waals surface area contributed by atoms with E-state index in [9.17, 15) is 9.18 Å². The van der Waals surface area contributed by atoms with Gasteiger partial charge in [-0.05, 0) is 0 Å². The standard InChI is InChI=1S/C7H7FN2O2/c1-4(11)10-7-2-6(12)5(8)3-9-7/h2-3H,1H3,(H2,9,10,11,12). The molecule has 0 aliphatic rings. The number of carbonyl (C=O) groups is 1. The molecule has 1 aromatic rings. The second-order valence-electron chi connectivity index (χ2n) is 2.20. The topological polar surface area (TPSA) is 62.2 Å². The van der Waals surface area contributed by atoms with Crippen molar-refractivity contribution in [2.24, 2.45) is 0 Å². The van der Waals surface area contributed by atoms with Crippen molar-refractivity contribution in [1.82, 2.24) is 4.98 Å². The summed E-state index contributed by atoms with van der Waals surface area (Å²) in [7, 11) is 0. The summed E-state index contributed by atoms with van der Waals surface area (Å²) in [6, 6.07) is 1.04. The molecule has 0 bridgehead atoms. The van der Waals surface area contributed by atoms with Gasteiger partial charge in [-0.15, -0.1) is 0 Å². The highest BCUT2D eigenvalue weighted by molar-refractivity contribution is 5.87. The van der Waals surface area contributed by atoms with E-state index in [1.165, 1.54) is 6.92 Å². The molecule has 1 aromatic heterocycles. The SMILES string of the molecule is CC(=O)Nc1cc(O)c(F)cn1. The number of nitrogens with one attached hydrogen (secondary N) is 1. The summed E-state index contributed by atoms with van der Waals surface area (Å²) < 4.78 is 12.4. The highest BCUT2D eigenvalue weighted by Crippen LogP contribution is 2.16. The molecular weight excluding hydrogens is 163 g/mol. The fraction of sp³-hybridized carbons (Fsp3) is 0.143. The molecule has 4 nitrogen and oxygen atoms in total. The number of nitrogens with zero attached hydrogens (tertiary/aromatic N) is 1. The van der Waals surface area contributed by atoms with Crippen molar-refractivity contribution in [3.8, 4) is 5.75 Å². The van der Waals surface area contributed by atoms with Crippen LogP contribution in [-0.4, -0.2) is 16.0 Å². The Labute approximate surface area is 68.1 Å². The van der Waals surface area contributed by atoms with Crippen LogP contribution in [0.1, 0.15) is 6.92 Å². The maximum atomic E-state index is 12.4. The second kappa shape index (κ2) is 3.17. The fourth-order valence-electron chi connectivity index (χ4n) is 0.677. The van der Waals surface area contributed by atoms with Crippen molar-refractivity contribution in [3.05, 3.63) is 18.1 Å². The van der Waals surface area contributed by atoms with Gasteiger partial charge < -0.3 is 10.4 Å². The first kappa shape index (κ1) is 8.45. The van der Waals surface area contributed by atoms with E-state index in [1.54, 1.807) is 0 Å². The van der Waals surface area contributed by atoms with Crippen molar-refractivity contribution >= 4 is 11.7 Å². The Bertz CT molecular complexity index is 314. The van der Waals surface area contributed by atoms with E-state index in [2.05, 4.69) is 10.3 Å². The van der Waals surface area contributed by atoms with Crippen LogP contribution in [0.2, 0.25) is 0 Å². The average Bonchev–Trinajstić information content (AvgIpc) is 1.96. The van der Waals surface area contributed by atoms with Crippen LogP contribution < -0.4 is 5.32 Å². The number of anilines is 1. The molecule has 64 valence electrons. The Hall–Kier alpha value is -1.65. The summed E-state index contributed by atoms with van der Waals surface area (Å²) in [5.74, 6) is -1.55. The maximum Gasteiger partial charge on any atom is 0.222 e. The maximum absolute atomic E-state index is 12.4. The highest BCUT2D eigenvalue weighted by Gasteiger charge is 2.02. The third-order valence-electron chi connectivity index (χ3n) is 1.14. The quantitative estimate of drug-likeness (QED) is 0.657. The minimum absolute atomic E-state index is 0.126. The van der Waals surface area contributed by atoms with Gasteiger partial charge in [0.1, 0.15) is 5.82 Å². The average molecular weight is 170 g/mol. The molecular formula is C7H7FN2O2. The number of pyridine rings is 1. The molecule has 2 N–H and O–H groups in total. The Morgan fingerprint density at radius 2 is 2.42 bits per heavy atom. The second-order valence-corrected chi connectivity index (χ2v) is 2.20. The number of halogens is 1. The molecule has 5 heteroatoms. The molecule has 0 aliphatic heterocycles. The number of carbonyl (C=O) groups excluding carboxylic acids is 1. The Morgan fingerprint density at radius 1 is 1.75 bits per heavy atom. The number of aromatic nitrogens is 1. The Kier molecular flexibility index (Phi) is 2.23. The number of rotatable bonds is 1. The zero-order valence-electron chi connectivity index (χ0n) is 6.34. The van der Waals surface area contributed by atoms with Crippen molar-refractivity contribution in [2.75, 3.05) is 5.32 Å². The zero-order valence-corrected chi connectivity index (χ0v) is 6.34. The molecule has 1 amide bonds. The van der Waals surface area contributed by atoms with Gasteiger partial charge in [-0.2, -0.15) is 0 Å².